The number of nitrogens with one attached hydrogen (secondary N) is 1. The molecule has 2 nitrogen and oxygen atoms in total. The fourth-order valence-corrected chi connectivity index (χ4v) is 2.18. The summed E-state index contributed by atoms with van der Waals surface area (Å²) in [5.74, 6) is 0. The van der Waals surface area contributed by atoms with Gasteiger partial charge in [0.15, 0.2) is 0 Å². The lowest BCUT2D eigenvalue weighted by Crippen LogP contribution is -2.32. The van der Waals surface area contributed by atoms with E-state index in [4.69, 9.17) is 0 Å². The molecule has 0 amide bonds. The minimum absolute atomic E-state index is 0.440. The number of hydrogen-bond donors (Lipinski definition) is 1. The van der Waals surface area contributed by atoms with Crippen molar-refractivity contribution in [3.8, 4) is 0 Å². The lowest BCUT2D eigenvalue weighted by atomic mass is 10.0. The minimum atomic E-state index is 0.440. The lowest BCUT2D eigenvalue weighted by Gasteiger charge is -2.24. The maximum absolute atomic E-state index is 3.57. The van der Waals surface area contributed by atoms with Crippen LogP contribution in [-0.2, 0) is 6.42 Å². The third kappa shape index (κ3) is 4.79. The summed E-state index contributed by atoms with van der Waals surface area (Å²) in [6, 6.07) is 9.55. The zero-order valence-electron chi connectivity index (χ0n) is 12.4. The van der Waals surface area contributed by atoms with Crippen molar-refractivity contribution in [3.63, 3.8) is 0 Å². The fourth-order valence-electron chi connectivity index (χ4n) is 2.18. The summed E-state index contributed by atoms with van der Waals surface area (Å²) in [6.07, 6.45) is 2.40. The molecule has 0 aliphatic rings. The van der Waals surface area contributed by atoms with E-state index in [0.717, 1.165) is 19.6 Å². The molecule has 0 aliphatic heterocycles. The number of hydrogen-bond acceptors (Lipinski definition) is 2. The van der Waals surface area contributed by atoms with Crippen LogP contribution in [0.4, 0.5) is 0 Å². The van der Waals surface area contributed by atoms with E-state index < -0.39 is 0 Å². The van der Waals surface area contributed by atoms with Gasteiger partial charge in [-0.2, -0.15) is 0 Å². The summed E-state index contributed by atoms with van der Waals surface area (Å²) < 4.78 is 0. The van der Waals surface area contributed by atoms with Gasteiger partial charge in [0.25, 0.3) is 0 Å². The summed E-state index contributed by atoms with van der Waals surface area (Å²) in [4.78, 5) is 2.35. The van der Waals surface area contributed by atoms with Gasteiger partial charge in [-0.1, -0.05) is 51.5 Å². The second kappa shape index (κ2) is 8.28. The molecule has 0 aliphatic carbocycles. The predicted molar refractivity (Wildman–Crippen MR) is 80.0 cm³/mol. The molecule has 1 rings (SSSR count). The Bertz CT molecular complexity index is 318. The molecule has 1 aromatic rings. The third-order valence-electron chi connectivity index (χ3n) is 3.41. The van der Waals surface area contributed by atoms with Crippen LogP contribution in [0.15, 0.2) is 24.3 Å². The van der Waals surface area contributed by atoms with Crippen molar-refractivity contribution in [2.45, 2.75) is 39.7 Å². The van der Waals surface area contributed by atoms with Gasteiger partial charge in [0.05, 0.1) is 0 Å². The van der Waals surface area contributed by atoms with Gasteiger partial charge >= 0.3 is 0 Å². The van der Waals surface area contributed by atoms with E-state index in [9.17, 15) is 0 Å². The molecular weight excluding hydrogens is 220 g/mol. The Balaban J connectivity index is 2.71. The van der Waals surface area contributed by atoms with Gasteiger partial charge in [0, 0.05) is 12.6 Å². The van der Waals surface area contributed by atoms with E-state index in [1.807, 2.05) is 0 Å². The Morgan fingerprint density at radius 3 is 2.28 bits per heavy atom. The first-order valence-corrected chi connectivity index (χ1v) is 7.22. The van der Waals surface area contributed by atoms with E-state index in [0.29, 0.717) is 6.04 Å². The highest BCUT2D eigenvalue weighted by molar-refractivity contribution is 5.25. The molecule has 18 heavy (non-hydrogen) atoms. The van der Waals surface area contributed by atoms with E-state index in [1.165, 1.54) is 24.0 Å². The third-order valence-corrected chi connectivity index (χ3v) is 3.41. The van der Waals surface area contributed by atoms with Crippen LogP contribution >= 0.6 is 0 Å². The van der Waals surface area contributed by atoms with Crippen LogP contribution in [0.1, 0.15) is 44.4 Å². The Labute approximate surface area is 112 Å². The molecular formula is C16H28N2. The Hall–Kier alpha value is -0.860. The van der Waals surface area contributed by atoms with Crippen molar-refractivity contribution < 1.29 is 0 Å². The lowest BCUT2D eigenvalue weighted by molar-refractivity contribution is 0.305. The average molecular weight is 248 g/mol. The second-order valence-electron chi connectivity index (χ2n) is 4.96. The summed E-state index contributed by atoms with van der Waals surface area (Å²) in [5, 5.41) is 3.57. The molecule has 0 fully saturated rings. The molecule has 1 unspecified atom stereocenters. The van der Waals surface area contributed by atoms with Crippen LogP contribution in [0, 0.1) is 0 Å². The van der Waals surface area contributed by atoms with Gasteiger partial charge in [0.1, 0.15) is 0 Å². The van der Waals surface area contributed by atoms with Gasteiger partial charge < -0.3 is 10.2 Å². The van der Waals surface area contributed by atoms with Gasteiger partial charge in [-0.25, -0.2) is 0 Å². The topological polar surface area (TPSA) is 15.3 Å². The van der Waals surface area contributed by atoms with Crippen LogP contribution in [0.3, 0.4) is 0 Å². The minimum Gasteiger partial charge on any atom is -0.309 e. The molecule has 0 spiro atoms. The first-order valence-electron chi connectivity index (χ1n) is 7.22. The zero-order valence-corrected chi connectivity index (χ0v) is 12.4. The van der Waals surface area contributed by atoms with Crippen LogP contribution < -0.4 is 5.32 Å². The van der Waals surface area contributed by atoms with Crippen LogP contribution in [0.5, 0.6) is 0 Å². The summed E-state index contributed by atoms with van der Waals surface area (Å²) in [5.41, 5.74) is 2.84. The predicted octanol–water partition coefficient (Wildman–Crippen LogP) is 3.24. The van der Waals surface area contributed by atoms with Gasteiger partial charge in [0.2, 0.25) is 0 Å². The van der Waals surface area contributed by atoms with Gasteiger partial charge in [-0.3, -0.25) is 0 Å². The molecule has 1 aromatic carbocycles. The summed E-state index contributed by atoms with van der Waals surface area (Å²) in [6.45, 7) is 9.77. The average Bonchev–Trinajstić information content (AvgIpc) is 2.39. The largest absolute Gasteiger partial charge is 0.309 e. The first-order chi connectivity index (χ1) is 8.71. The van der Waals surface area contributed by atoms with Crippen molar-refractivity contribution in [2.24, 2.45) is 0 Å². The molecule has 0 radical (unpaired) electrons. The Morgan fingerprint density at radius 2 is 1.78 bits per heavy atom. The van der Waals surface area contributed by atoms with Crippen molar-refractivity contribution in [1.29, 1.82) is 0 Å². The SMILES string of the molecule is CCCc1ccc(C(CN(C)CC)NCC)cc1. The van der Waals surface area contributed by atoms with Crippen LogP contribution in [0.2, 0.25) is 0 Å². The smallest absolute Gasteiger partial charge is 0.0449 e. The molecule has 0 aromatic heterocycles. The number of rotatable bonds is 8. The molecule has 0 saturated heterocycles. The Morgan fingerprint density at radius 1 is 1.11 bits per heavy atom. The molecule has 1 atom stereocenters. The highest BCUT2D eigenvalue weighted by Gasteiger charge is 2.11. The molecule has 102 valence electrons. The van der Waals surface area contributed by atoms with E-state index in [1.54, 1.807) is 0 Å². The van der Waals surface area contributed by atoms with Crippen molar-refractivity contribution in [1.82, 2.24) is 10.2 Å². The second-order valence-corrected chi connectivity index (χ2v) is 4.96. The van der Waals surface area contributed by atoms with Gasteiger partial charge in [-0.15, -0.1) is 0 Å². The van der Waals surface area contributed by atoms with Crippen LogP contribution in [0.25, 0.3) is 0 Å². The summed E-state index contributed by atoms with van der Waals surface area (Å²) in [7, 11) is 2.18. The Kier molecular flexibility index (Phi) is 6.99. The van der Waals surface area contributed by atoms with E-state index in [2.05, 4.69) is 62.3 Å². The number of benzene rings is 1. The van der Waals surface area contributed by atoms with Crippen molar-refractivity contribution in [3.05, 3.63) is 35.4 Å². The number of likely N-dealkylation sites (N-methyl/N-ethyl adjacent to an activating group) is 2. The molecule has 0 saturated carbocycles. The normalized spacial score (nSPS) is 12.9. The standard InChI is InChI=1S/C16H28N2/c1-5-8-14-9-11-15(12-10-14)16(17-6-2)13-18(4)7-3/h9-12,16-17H,5-8,13H2,1-4H3. The fraction of sp³-hybridized carbons (Fsp3) is 0.625. The summed E-state index contributed by atoms with van der Waals surface area (Å²) >= 11 is 0. The first kappa shape index (κ1) is 15.2. The maximum atomic E-state index is 3.57. The van der Waals surface area contributed by atoms with Crippen molar-refractivity contribution >= 4 is 0 Å². The zero-order chi connectivity index (χ0) is 13.4. The highest BCUT2D eigenvalue weighted by Crippen LogP contribution is 2.16. The molecule has 0 heterocycles. The van der Waals surface area contributed by atoms with Gasteiger partial charge in [-0.05, 0) is 37.7 Å². The number of aryl methyl sites for hydroxylation is 1. The van der Waals surface area contributed by atoms with Crippen LogP contribution in [-0.4, -0.2) is 31.6 Å². The molecule has 0 bridgehead atoms. The monoisotopic (exact) mass is 248 g/mol. The van der Waals surface area contributed by atoms with Crippen molar-refractivity contribution in [2.75, 3.05) is 26.7 Å². The molecule has 1 N–H and O–H groups in total. The van der Waals surface area contributed by atoms with E-state index in [-0.39, 0.29) is 0 Å². The molecule has 2 heteroatoms. The van der Waals surface area contributed by atoms with E-state index >= 15 is 0 Å². The number of nitrogens with zero attached hydrogens (tertiary/aromatic N) is 1. The maximum Gasteiger partial charge on any atom is 0.0449 e. The highest BCUT2D eigenvalue weighted by atomic mass is 15.1. The quantitative estimate of drug-likeness (QED) is 0.760.